The number of rotatable bonds is 2. The number of aromatic nitrogens is 1. The highest BCUT2D eigenvalue weighted by atomic mass is 16.5. The van der Waals surface area contributed by atoms with E-state index in [-0.39, 0.29) is 5.72 Å². The lowest BCUT2D eigenvalue weighted by Crippen LogP contribution is -2.46. The van der Waals surface area contributed by atoms with Gasteiger partial charge in [-0.05, 0) is 30.9 Å². The van der Waals surface area contributed by atoms with Gasteiger partial charge in [0.1, 0.15) is 5.72 Å². The molecule has 1 aromatic carbocycles. The van der Waals surface area contributed by atoms with Crippen molar-refractivity contribution in [3.05, 3.63) is 66.0 Å². The fraction of sp³-hybridized carbons (Fsp3) is 0.389. The maximum atomic E-state index is 6.38. The zero-order chi connectivity index (χ0) is 14.1. The smallest absolute Gasteiger partial charge is 0.149 e. The molecule has 0 aliphatic carbocycles. The minimum Gasteiger partial charge on any atom is -0.354 e. The van der Waals surface area contributed by atoms with E-state index >= 15 is 0 Å². The summed E-state index contributed by atoms with van der Waals surface area (Å²) < 4.78 is 6.38. The van der Waals surface area contributed by atoms with Crippen LogP contribution in [0.5, 0.6) is 0 Å². The molecule has 0 radical (unpaired) electrons. The highest BCUT2D eigenvalue weighted by molar-refractivity contribution is 5.26. The average molecular weight is 280 g/mol. The van der Waals surface area contributed by atoms with Crippen LogP contribution in [0.2, 0.25) is 0 Å². The lowest BCUT2D eigenvalue weighted by atomic mass is 9.91. The summed E-state index contributed by atoms with van der Waals surface area (Å²) in [7, 11) is 0. The van der Waals surface area contributed by atoms with Crippen LogP contribution >= 0.6 is 0 Å². The Balaban J connectivity index is 1.74. The number of hydrogen-bond donors (Lipinski definition) is 0. The molecule has 2 fully saturated rings. The fourth-order valence-electron chi connectivity index (χ4n) is 3.78. The van der Waals surface area contributed by atoms with Gasteiger partial charge >= 0.3 is 0 Å². The summed E-state index contributed by atoms with van der Waals surface area (Å²) in [6, 6.07) is 15.2. The molecule has 2 aromatic rings. The van der Waals surface area contributed by atoms with Crippen molar-refractivity contribution in [1.82, 2.24) is 9.88 Å². The maximum Gasteiger partial charge on any atom is 0.149 e. The van der Waals surface area contributed by atoms with Crippen molar-refractivity contribution in [3.8, 4) is 0 Å². The first-order valence-electron chi connectivity index (χ1n) is 7.76. The Labute approximate surface area is 125 Å². The molecule has 2 aliphatic rings. The summed E-state index contributed by atoms with van der Waals surface area (Å²) in [5, 5.41) is 0. The normalized spacial score (nSPS) is 29.2. The summed E-state index contributed by atoms with van der Waals surface area (Å²) in [6.07, 6.45) is 7.31. The van der Waals surface area contributed by atoms with Crippen molar-refractivity contribution in [1.29, 1.82) is 0 Å². The van der Waals surface area contributed by atoms with Gasteiger partial charge in [-0.25, -0.2) is 0 Å². The predicted molar refractivity (Wildman–Crippen MR) is 81.6 cm³/mol. The Morgan fingerprint density at radius 2 is 2.00 bits per heavy atom. The van der Waals surface area contributed by atoms with Crippen LogP contribution in [-0.2, 0) is 10.5 Å². The average Bonchev–Trinajstić information content (AvgIpc) is 2.97. The lowest BCUT2D eigenvalue weighted by Gasteiger charge is -2.43. The number of ether oxygens (including phenoxy) is 1. The molecule has 0 N–H and O–H groups in total. The third kappa shape index (κ3) is 2.08. The molecule has 4 rings (SSSR count). The molecule has 2 atom stereocenters. The van der Waals surface area contributed by atoms with Crippen LogP contribution in [-0.4, -0.2) is 23.0 Å². The molecule has 3 nitrogen and oxygen atoms in total. The molecule has 0 amide bonds. The van der Waals surface area contributed by atoms with Gasteiger partial charge in [0.25, 0.3) is 0 Å². The molecule has 2 aliphatic heterocycles. The SMILES string of the molecule is c1ccc([C@@H]2CO[C@@]3(c4cccnc4)CCCCN23)cc1. The second-order valence-corrected chi connectivity index (χ2v) is 5.91. The van der Waals surface area contributed by atoms with Crippen LogP contribution in [0.1, 0.15) is 36.4 Å². The van der Waals surface area contributed by atoms with Crippen molar-refractivity contribution in [2.75, 3.05) is 13.2 Å². The Morgan fingerprint density at radius 3 is 2.81 bits per heavy atom. The van der Waals surface area contributed by atoms with Gasteiger partial charge in [0, 0.05) is 24.5 Å². The summed E-state index contributed by atoms with van der Waals surface area (Å²) in [5.74, 6) is 0. The Kier molecular flexibility index (Phi) is 3.24. The van der Waals surface area contributed by atoms with Crippen LogP contribution in [0.25, 0.3) is 0 Å². The van der Waals surface area contributed by atoms with Crippen LogP contribution in [0.3, 0.4) is 0 Å². The van der Waals surface area contributed by atoms with Gasteiger partial charge in [0.2, 0.25) is 0 Å². The van der Waals surface area contributed by atoms with E-state index in [9.17, 15) is 0 Å². The van der Waals surface area contributed by atoms with Crippen molar-refractivity contribution in [2.45, 2.75) is 31.0 Å². The molecule has 3 heterocycles. The van der Waals surface area contributed by atoms with Crippen molar-refractivity contribution in [3.63, 3.8) is 0 Å². The maximum absolute atomic E-state index is 6.38. The van der Waals surface area contributed by atoms with Gasteiger partial charge in [-0.1, -0.05) is 36.4 Å². The van der Waals surface area contributed by atoms with Gasteiger partial charge in [0.05, 0.1) is 12.6 Å². The van der Waals surface area contributed by atoms with Crippen LogP contribution in [0.15, 0.2) is 54.9 Å². The van der Waals surface area contributed by atoms with E-state index < -0.39 is 0 Å². The molecular weight excluding hydrogens is 260 g/mol. The molecule has 0 bridgehead atoms. The first-order chi connectivity index (χ1) is 10.4. The first kappa shape index (κ1) is 13.0. The Bertz CT molecular complexity index is 601. The third-order valence-electron chi connectivity index (χ3n) is 4.78. The van der Waals surface area contributed by atoms with E-state index in [4.69, 9.17) is 4.74 Å². The van der Waals surface area contributed by atoms with Crippen LogP contribution in [0.4, 0.5) is 0 Å². The van der Waals surface area contributed by atoms with Crippen molar-refractivity contribution >= 4 is 0 Å². The molecule has 2 saturated heterocycles. The first-order valence-corrected chi connectivity index (χ1v) is 7.76. The van der Waals surface area contributed by atoms with E-state index in [1.165, 1.54) is 24.0 Å². The monoisotopic (exact) mass is 280 g/mol. The van der Waals surface area contributed by atoms with Crippen molar-refractivity contribution in [2.24, 2.45) is 0 Å². The molecule has 0 saturated carbocycles. The van der Waals surface area contributed by atoms with Gasteiger partial charge in [-0.15, -0.1) is 0 Å². The van der Waals surface area contributed by atoms with Crippen LogP contribution in [0, 0.1) is 0 Å². The van der Waals surface area contributed by atoms with E-state index in [1.807, 2.05) is 18.5 Å². The summed E-state index contributed by atoms with van der Waals surface area (Å²) in [4.78, 5) is 6.85. The summed E-state index contributed by atoms with van der Waals surface area (Å²) >= 11 is 0. The van der Waals surface area contributed by atoms with Gasteiger partial charge in [0.15, 0.2) is 0 Å². The molecule has 3 heteroatoms. The second kappa shape index (κ2) is 5.24. The number of piperidine rings is 1. The number of hydrogen-bond acceptors (Lipinski definition) is 3. The Hall–Kier alpha value is -1.71. The fourth-order valence-corrected chi connectivity index (χ4v) is 3.78. The predicted octanol–water partition coefficient (Wildman–Crippen LogP) is 3.49. The number of fused-ring (bicyclic) bond motifs is 1. The Morgan fingerprint density at radius 1 is 1.10 bits per heavy atom. The van der Waals surface area contributed by atoms with Crippen molar-refractivity contribution < 1.29 is 4.74 Å². The zero-order valence-electron chi connectivity index (χ0n) is 12.1. The largest absolute Gasteiger partial charge is 0.354 e. The lowest BCUT2D eigenvalue weighted by molar-refractivity contribution is -0.116. The minimum atomic E-state index is -0.271. The standard InChI is InChI=1S/C18H20N2O/c1-2-7-15(8-3-1)17-14-21-18(10-4-5-12-20(17)18)16-9-6-11-19-13-16/h1-3,6-9,11,13,17H,4-5,10,12,14H2/t17-,18+/m0/s1. The molecule has 21 heavy (non-hydrogen) atoms. The summed E-state index contributed by atoms with van der Waals surface area (Å²) in [5.41, 5.74) is 2.28. The molecular formula is C18H20N2O. The number of benzene rings is 1. The quantitative estimate of drug-likeness (QED) is 0.842. The van der Waals surface area contributed by atoms with Gasteiger partial charge < -0.3 is 4.74 Å². The molecule has 0 unspecified atom stereocenters. The minimum absolute atomic E-state index is 0.271. The van der Waals surface area contributed by atoms with E-state index in [2.05, 4.69) is 46.3 Å². The third-order valence-corrected chi connectivity index (χ3v) is 4.78. The topological polar surface area (TPSA) is 25.4 Å². The van der Waals surface area contributed by atoms with Gasteiger partial charge in [-0.3, -0.25) is 9.88 Å². The van der Waals surface area contributed by atoms with E-state index in [0.29, 0.717) is 6.04 Å². The number of nitrogens with zero attached hydrogens (tertiary/aromatic N) is 2. The second-order valence-electron chi connectivity index (χ2n) is 5.91. The molecule has 1 aromatic heterocycles. The highest BCUT2D eigenvalue weighted by Gasteiger charge is 2.50. The van der Waals surface area contributed by atoms with E-state index in [0.717, 1.165) is 19.6 Å². The molecule has 0 spiro atoms. The van der Waals surface area contributed by atoms with E-state index in [1.54, 1.807) is 0 Å². The zero-order valence-corrected chi connectivity index (χ0v) is 12.1. The highest BCUT2D eigenvalue weighted by Crippen LogP contribution is 2.48. The van der Waals surface area contributed by atoms with Crippen LogP contribution < -0.4 is 0 Å². The number of pyridine rings is 1. The molecule has 108 valence electrons. The summed E-state index contributed by atoms with van der Waals surface area (Å²) in [6.45, 7) is 1.85. The van der Waals surface area contributed by atoms with Gasteiger partial charge in [-0.2, -0.15) is 0 Å².